The lowest BCUT2D eigenvalue weighted by molar-refractivity contribution is -0.189. The van der Waals surface area contributed by atoms with Crippen LogP contribution in [0.2, 0.25) is 0 Å². The van der Waals surface area contributed by atoms with Gasteiger partial charge in [0.25, 0.3) is 5.91 Å². The number of anilines is 1. The molecule has 1 saturated carbocycles. The molecule has 2 amide bonds. The number of fused-ring (bicyclic) bond motifs is 1. The van der Waals surface area contributed by atoms with Crippen LogP contribution in [0.3, 0.4) is 0 Å². The molecule has 1 aliphatic carbocycles. The highest BCUT2D eigenvalue weighted by atomic mass is 19.4. The zero-order valence-corrected chi connectivity index (χ0v) is 11.3. The molecule has 1 aromatic carbocycles. The van der Waals surface area contributed by atoms with Crippen molar-refractivity contribution in [2.75, 3.05) is 11.9 Å². The van der Waals surface area contributed by atoms with Gasteiger partial charge in [0.15, 0.2) is 0 Å². The summed E-state index contributed by atoms with van der Waals surface area (Å²) in [6.45, 7) is 0.369. The van der Waals surface area contributed by atoms with Crippen molar-refractivity contribution in [3.8, 4) is 0 Å². The lowest BCUT2D eigenvalue weighted by Crippen LogP contribution is -2.37. The van der Waals surface area contributed by atoms with Crippen LogP contribution in [0.15, 0.2) is 12.1 Å². The van der Waals surface area contributed by atoms with Gasteiger partial charge in [0, 0.05) is 12.1 Å². The maximum absolute atomic E-state index is 13.9. The highest BCUT2D eigenvalue weighted by Crippen LogP contribution is 2.58. The molecule has 1 fully saturated rings. The van der Waals surface area contributed by atoms with Gasteiger partial charge >= 0.3 is 6.18 Å². The smallest absolute Gasteiger partial charge is 0.352 e. The highest BCUT2D eigenvalue weighted by molar-refractivity contribution is 6.01. The van der Waals surface area contributed by atoms with Crippen molar-refractivity contribution in [1.29, 1.82) is 0 Å². The van der Waals surface area contributed by atoms with E-state index in [9.17, 15) is 27.2 Å². The number of carbonyl (C=O) groups excluding carboxylic acids is 2. The van der Waals surface area contributed by atoms with E-state index in [1.807, 2.05) is 5.32 Å². The Morgan fingerprint density at radius 3 is 2.55 bits per heavy atom. The molecule has 0 unspecified atom stereocenters. The molecule has 8 heteroatoms. The van der Waals surface area contributed by atoms with Crippen LogP contribution in [0, 0.1) is 11.2 Å². The average molecular weight is 316 g/mol. The first-order valence-electron chi connectivity index (χ1n) is 6.73. The Hall–Kier alpha value is -2.12. The number of benzene rings is 1. The monoisotopic (exact) mass is 316 g/mol. The number of carbonyl (C=O) groups is 2. The summed E-state index contributed by atoms with van der Waals surface area (Å²) in [5, 5.41) is 4.53. The molecule has 4 nitrogen and oxygen atoms in total. The summed E-state index contributed by atoms with van der Waals surface area (Å²) in [4.78, 5) is 23.5. The van der Waals surface area contributed by atoms with Crippen LogP contribution in [-0.2, 0) is 11.2 Å². The fraction of sp³-hybridized carbons (Fsp3) is 0.429. The van der Waals surface area contributed by atoms with E-state index < -0.39 is 34.9 Å². The number of nitrogens with one attached hydrogen (secondary N) is 2. The molecular weight excluding hydrogens is 304 g/mol. The van der Waals surface area contributed by atoms with E-state index >= 15 is 0 Å². The summed E-state index contributed by atoms with van der Waals surface area (Å²) in [7, 11) is 0. The predicted octanol–water partition coefficient (Wildman–Crippen LogP) is 2.39. The molecule has 118 valence electrons. The van der Waals surface area contributed by atoms with Crippen molar-refractivity contribution < 1.29 is 27.2 Å². The van der Waals surface area contributed by atoms with E-state index in [0.717, 1.165) is 12.1 Å². The largest absolute Gasteiger partial charge is 0.403 e. The first kappa shape index (κ1) is 14.8. The maximum Gasteiger partial charge on any atom is 0.403 e. The van der Waals surface area contributed by atoms with Crippen LogP contribution in [-0.4, -0.2) is 24.5 Å². The van der Waals surface area contributed by atoms with Crippen LogP contribution in [0.25, 0.3) is 0 Å². The van der Waals surface area contributed by atoms with Gasteiger partial charge in [-0.1, -0.05) is 0 Å². The first-order chi connectivity index (χ1) is 10.2. The van der Waals surface area contributed by atoms with Gasteiger partial charge in [-0.05, 0) is 37.0 Å². The number of amides is 2. The second-order valence-electron chi connectivity index (χ2n) is 5.53. The van der Waals surface area contributed by atoms with E-state index in [1.165, 1.54) is 0 Å². The van der Waals surface area contributed by atoms with Crippen molar-refractivity contribution in [3.05, 3.63) is 29.1 Å². The number of hydrogen-bond donors (Lipinski definition) is 2. The van der Waals surface area contributed by atoms with Crippen LogP contribution >= 0.6 is 0 Å². The zero-order chi connectivity index (χ0) is 16.1. The van der Waals surface area contributed by atoms with E-state index in [2.05, 4.69) is 5.32 Å². The lowest BCUT2D eigenvalue weighted by atomic mass is 9.99. The number of rotatable bonds is 2. The summed E-state index contributed by atoms with van der Waals surface area (Å²) in [5.41, 5.74) is -2.20. The quantitative estimate of drug-likeness (QED) is 0.823. The lowest BCUT2D eigenvalue weighted by Gasteiger charge is -2.21. The van der Waals surface area contributed by atoms with Gasteiger partial charge in [-0.15, -0.1) is 0 Å². The second kappa shape index (κ2) is 4.69. The van der Waals surface area contributed by atoms with Crippen molar-refractivity contribution in [1.82, 2.24) is 5.32 Å². The molecule has 2 aliphatic rings. The average Bonchev–Trinajstić information content (AvgIpc) is 3.21. The van der Waals surface area contributed by atoms with Gasteiger partial charge < -0.3 is 10.6 Å². The molecule has 0 atom stereocenters. The molecule has 0 saturated heterocycles. The third-order valence-corrected chi connectivity index (χ3v) is 4.09. The highest BCUT2D eigenvalue weighted by Gasteiger charge is 2.68. The Bertz CT molecular complexity index is 666. The van der Waals surface area contributed by atoms with Gasteiger partial charge in [-0.25, -0.2) is 4.39 Å². The summed E-state index contributed by atoms with van der Waals surface area (Å²) in [6.07, 6.45) is -4.86. The Balaban J connectivity index is 1.89. The molecule has 2 N–H and O–H groups in total. The Kier molecular flexibility index (Phi) is 3.15. The van der Waals surface area contributed by atoms with Crippen LogP contribution in [0.5, 0.6) is 0 Å². The van der Waals surface area contributed by atoms with Crippen molar-refractivity contribution in [3.63, 3.8) is 0 Å². The standard InChI is InChI=1S/C14H12F4N2O2/c15-9-5-7-1-4-19-11(21)8(7)6-10(9)20-12(22)13(2-3-13)14(16,17)18/h5-6H,1-4H2,(H,19,21)(H,20,22). The Morgan fingerprint density at radius 2 is 1.95 bits per heavy atom. The molecule has 3 rings (SSSR count). The van der Waals surface area contributed by atoms with Gasteiger partial charge in [0.05, 0.1) is 5.69 Å². The molecule has 0 radical (unpaired) electrons. The van der Waals surface area contributed by atoms with E-state index in [0.29, 0.717) is 18.5 Å². The molecule has 1 aliphatic heterocycles. The zero-order valence-electron chi connectivity index (χ0n) is 11.3. The molecule has 1 aromatic rings. The van der Waals surface area contributed by atoms with Crippen LogP contribution in [0.1, 0.15) is 28.8 Å². The maximum atomic E-state index is 13.9. The molecule has 1 heterocycles. The third kappa shape index (κ3) is 2.22. The van der Waals surface area contributed by atoms with Crippen molar-refractivity contribution in [2.24, 2.45) is 5.41 Å². The SMILES string of the molecule is O=C1NCCc2cc(F)c(NC(=O)C3(C(F)(F)F)CC3)cc21. The van der Waals surface area contributed by atoms with Crippen LogP contribution < -0.4 is 10.6 Å². The van der Waals surface area contributed by atoms with Crippen LogP contribution in [0.4, 0.5) is 23.2 Å². The third-order valence-electron chi connectivity index (χ3n) is 4.09. The minimum atomic E-state index is -4.67. The number of alkyl halides is 3. The normalized spacial score (nSPS) is 19.2. The molecule has 0 aromatic heterocycles. The van der Waals surface area contributed by atoms with Crippen molar-refractivity contribution >= 4 is 17.5 Å². The first-order valence-corrected chi connectivity index (χ1v) is 6.73. The second-order valence-corrected chi connectivity index (χ2v) is 5.53. The van der Waals surface area contributed by atoms with E-state index in [1.54, 1.807) is 0 Å². The Labute approximate surface area is 122 Å². The van der Waals surface area contributed by atoms with Crippen molar-refractivity contribution in [2.45, 2.75) is 25.4 Å². The minimum Gasteiger partial charge on any atom is -0.352 e. The Morgan fingerprint density at radius 1 is 1.27 bits per heavy atom. The topological polar surface area (TPSA) is 58.2 Å². The molecule has 0 spiro atoms. The molecule has 0 bridgehead atoms. The number of hydrogen-bond acceptors (Lipinski definition) is 2. The summed E-state index contributed by atoms with van der Waals surface area (Å²) >= 11 is 0. The van der Waals surface area contributed by atoms with Gasteiger partial charge in [0.1, 0.15) is 11.2 Å². The summed E-state index contributed by atoms with van der Waals surface area (Å²) < 4.78 is 52.5. The fourth-order valence-electron chi connectivity index (χ4n) is 2.54. The predicted molar refractivity (Wildman–Crippen MR) is 68.8 cm³/mol. The van der Waals surface area contributed by atoms with E-state index in [4.69, 9.17) is 0 Å². The van der Waals surface area contributed by atoms with Gasteiger partial charge in [0.2, 0.25) is 5.91 Å². The number of halogens is 4. The van der Waals surface area contributed by atoms with Gasteiger partial charge in [-0.2, -0.15) is 13.2 Å². The summed E-state index contributed by atoms with van der Waals surface area (Å²) in [5.74, 6) is -2.57. The summed E-state index contributed by atoms with van der Waals surface area (Å²) in [6, 6.07) is 2.17. The molecule has 22 heavy (non-hydrogen) atoms. The molecular formula is C14H12F4N2O2. The van der Waals surface area contributed by atoms with Gasteiger partial charge in [-0.3, -0.25) is 9.59 Å². The minimum absolute atomic E-state index is 0.166. The van der Waals surface area contributed by atoms with E-state index in [-0.39, 0.29) is 18.4 Å². The fourth-order valence-corrected chi connectivity index (χ4v) is 2.54.